The summed E-state index contributed by atoms with van der Waals surface area (Å²) in [5.41, 5.74) is -0.366. The first kappa shape index (κ1) is 19.4. The van der Waals surface area contributed by atoms with Crippen molar-refractivity contribution in [3.8, 4) is 5.75 Å². The molecule has 4 rings (SSSR count). The van der Waals surface area contributed by atoms with Crippen molar-refractivity contribution >= 4 is 31.8 Å². The third kappa shape index (κ3) is 3.22. The van der Waals surface area contributed by atoms with Gasteiger partial charge in [0, 0.05) is 13.1 Å². The Bertz CT molecular complexity index is 1030. The Morgan fingerprint density at radius 1 is 1.14 bits per heavy atom. The summed E-state index contributed by atoms with van der Waals surface area (Å²) in [6, 6.07) is 2.57. The lowest BCUT2D eigenvalue weighted by Crippen LogP contribution is -2.40. The van der Waals surface area contributed by atoms with Gasteiger partial charge >= 0.3 is 10.2 Å². The topological polar surface area (TPSA) is 124 Å². The van der Waals surface area contributed by atoms with E-state index < -0.39 is 49.9 Å². The summed E-state index contributed by atoms with van der Waals surface area (Å²) < 4.78 is 67.6. The fourth-order valence-corrected chi connectivity index (χ4v) is 6.80. The number of halogens is 1. The number of anilines is 1. The number of phenols is 1. The highest BCUT2D eigenvalue weighted by molar-refractivity contribution is 7.92. The zero-order chi connectivity index (χ0) is 20.3. The quantitative estimate of drug-likeness (QED) is 0.708. The molecule has 1 saturated carbocycles. The molecular formula is C16H20FN3O6S2. The molecule has 12 heteroatoms. The van der Waals surface area contributed by atoms with Crippen molar-refractivity contribution in [2.24, 2.45) is 0 Å². The number of aromatic hydroxyl groups is 1. The van der Waals surface area contributed by atoms with Crippen molar-refractivity contribution in [2.45, 2.75) is 36.9 Å². The van der Waals surface area contributed by atoms with E-state index in [-0.39, 0.29) is 29.8 Å². The number of nitrogens with zero attached hydrogens (tertiary/aromatic N) is 2. The molecule has 0 aromatic heterocycles. The highest BCUT2D eigenvalue weighted by Crippen LogP contribution is 2.41. The largest absolute Gasteiger partial charge is 0.506 e. The van der Waals surface area contributed by atoms with E-state index in [9.17, 15) is 26.7 Å². The van der Waals surface area contributed by atoms with Gasteiger partial charge in [-0.15, -0.1) is 0 Å². The van der Waals surface area contributed by atoms with Crippen LogP contribution in [0.1, 0.15) is 37.2 Å². The Morgan fingerprint density at radius 3 is 2.32 bits per heavy atom. The van der Waals surface area contributed by atoms with Crippen molar-refractivity contribution in [1.82, 2.24) is 9.03 Å². The summed E-state index contributed by atoms with van der Waals surface area (Å²) in [5, 5.41) is 9.74. The normalized spacial score (nSPS) is 23.8. The van der Waals surface area contributed by atoms with Crippen molar-refractivity contribution in [3.05, 3.63) is 23.5 Å². The van der Waals surface area contributed by atoms with Crippen LogP contribution in [0.2, 0.25) is 0 Å². The third-order valence-corrected chi connectivity index (χ3v) is 9.17. The summed E-state index contributed by atoms with van der Waals surface area (Å²) in [6.07, 6.45) is 2.12. The van der Waals surface area contributed by atoms with Gasteiger partial charge in [0.2, 0.25) is 10.0 Å². The molecular weight excluding hydrogens is 413 g/mol. The summed E-state index contributed by atoms with van der Waals surface area (Å²) in [7, 11) is -7.55. The van der Waals surface area contributed by atoms with Crippen LogP contribution in [0.3, 0.4) is 0 Å². The van der Waals surface area contributed by atoms with E-state index >= 15 is 4.39 Å². The predicted molar refractivity (Wildman–Crippen MR) is 98.0 cm³/mol. The summed E-state index contributed by atoms with van der Waals surface area (Å²) >= 11 is 0. The smallest absolute Gasteiger partial charge is 0.326 e. The molecule has 0 radical (unpaired) electrons. The molecule has 1 amide bonds. The average molecular weight is 433 g/mol. The van der Waals surface area contributed by atoms with Crippen molar-refractivity contribution < 1.29 is 31.1 Å². The Labute approximate surface area is 162 Å². The Hall–Kier alpha value is -1.92. The van der Waals surface area contributed by atoms with Gasteiger partial charge in [-0.05, 0) is 43.2 Å². The van der Waals surface area contributed by atoms with Gasteiger partial charge in [0.25, 0.3) is 5.91 Å². The second-order valence-corrected chi connectivity index (χ2v) is 11.1. The maximum absolute atomic E-state index is 15.2. The first-order valence-corrected chi connectivity index (χ1v) is 11.9. The fraction of sp³-hybridized carbons (Fsp3) is 0.562. The maximum atomic E-state index is 15.2. The van der Waals surface area contributed by atoms with Crippen LogP contribution in [0.15, 0.2) is 12.1 Å². The molecule has 2 aliphatic heterocycles. The highest BCUT2D eigenvalue weighted by Gasteiger charge is 2.42. The fourth-order valence-electron chi connectivity index (χ4n) is 3.77. The van der Waals surface area contributed by atoms with Crippen LogP contribution in [0, 0.1) is 5.82 Å². The van der Waals surface area contributed by atoms with Crippen LogP contribution in [0.25, 0.3) is 0 Å². The number of amides is 1. The molecule has 0 bridgehead atoms. The molecule has 0 spiro atoms. The van der Waals surface area contributed by atoms with Crippen molar-refractivity contribution in [2.75, 3.05) is 23.9 Å². The number of phenolic OH excluding ortho intramolecular Hbond substituents is 1. The van der Waals surface area contributed by atoms with Gasteiger partial charge in [0.1, 0.15) is 18.0 Å². The minimum atomic E-state index is -4.27. The molecule has 1 aromatic carbocycles. The zero-order valence-corrected chi connectivity index (χ0v) is 16.5. The first-order chi connectivity index (χ1) is 13.1. The first-order valence-electron chi connectivity index (χ1n) is 8.95. The number of hydrogen-bond donors (Lipinski definition) is 2. The molecule has 2 saturated heterocycles. The molecule has 2 N–H and O–H groups in total. The molecule has 0 unspecified atom stereocenters. The number of benzene rings is 1. The Balaban J connectivity index is 1.59. The molecule has 1 aliphatic carbocycles. The van der Waals surface area contributed by atoms with E-state index in [1.54, 1.807) is 4.72 Å². The molecule has 2 heterocycles. The van der Waals surface area contributed by atoms with Crippen molar-refractivity contribution in [3.63, 3.8) is 0 Å². The number of carbonyl (C=O) groups excluding carboxylic acids is 1. The monoisotopic (exact) mass is 433 g/mol. The van der Waals surface area contributed by atoms with Gasteiger partial charge in [-0.2, -0.15) is 8.42 Å². The number of nitrogens with one attached hydrogen (secondary N) is 1. The van der Waals surface area contributed by atoms with E-state index in [2.05, 4.69) is 0 Å². The van der Waals surface area contributed by atoms with Crippen LogP contribution in [0.5, 0.6) is 5.75 Å². The van der Waals surface area contributed by atoms with E-state index in [1.807, 2.05) is 0 Å². The molecule has 154 valence electrons. The SMILES string of the molecule is O=C1CN(c2c(O)ccc(C3CCN(S(=O)(=O)C4CC4)CC3)c2F)S(=O)(=O)N1. The highest BCUT2D eigenvalue weighted by atomic mass is 32.2. The minimum absolute atomic E-state index is 0.200. The summed E-state index contributed by atoms with van der Waals surface area (Å²) in [5.74, 6) is -2.64. The summed E-state index contributed by atoms with van der Waals surface area (Å²) in [6.45, 7) is -0.0866. The lowest BCUT2D eigenvalue weighted by Gasteiger charge is -2.32. The van der Waals surface area contributed by atoms with Crippen molar-refractivity contribution in [1.29, 1.82) is 0 Å². The third-order valence-electron chi connectivity index (χ3n) is 5.39. The van der Waals surface area contributed by atoms with E-state index in [0.717, 1.165) is 0 Å². The number of sulfonamides is 1. The Morgan fingerprint density at radius 2 is 1.79 bits per heavy atom. The van der Waals surface area contributed by atoms with E-state index in [1.165, 1.54) is 16.4 Å². The molecule has 0 atom stereocenters. The molecule has 28 heavy (non-hydrogen) atoms. The number of rotatable bonds is 4. The van der Waals surface area contributed by atoms with Gasteiger partial charge in [0.15, 0.2) is 5.82 Å². The number of carbonyl (C=O) groups is 1. The second kappa shape index (κ2) is 6.56. The van der Waals surface area contributed by atoms with Gasteiger partial charge in [0.05, 0.1) is 5.25 Å². The van der Waals surface area contributed by atoms with Gasteiger partial charge < -0.3 is 5.11 Å². The standard InChI is InChI=1S/C16H20FN3O6S2/c17-15-12(10-5-7-19(8-6-10)27(23,24)11-1-2-11)3-4-13(21)16(15)20-9-14(22)18-28(20,25)26/h3-4,10-11,21H,1-2,5-9H2,(H,18,22). The molecule has 3 fully saturated rings. The van der Waals surface area contributed by atoms with Crippen LogP contribution in [-0.2, 0) is 25.0 Å². The van der Waals surface area contributed by atoms with Gasteiger partial charge in [-0.25, -0.2) is 26.1 Å². The number of piperidine rings is 1. The van der Waals surface area contributed by atoms with Crippen LogP contribution in [0.4, 0.5) is 10.1 Å². The van der Waals surface area contributed by atoms with E-state index in [4.69, 9.17) is 0 Å². The predicted octanol–water partition coefficient (Wildman–Crippen LogP) is 0.384. The van der Waals surface area contributed by atoms with Gasteiger partial charge in [-0.1, -0.05) is 6.07 Å². The maximum Gasteiger partial charge on any atom is 0.326 e. The average Bonchev–Trinajstić information content (AvgIpc) is 3.43. The Kier molecular flexibility index (Phi) is 4.55. The van der Waals surface area contributed by atoms with Crippen LogP contribution >= 0.6 is 0 Å². The van der Waals surface area contributed by atoms with Crippen LogP contribution < -0.4 is 9.03 Å². The number of hydrogen-bond acceptors (Lipinski definition) is 6. The molecule has 9 nitrogen and oxygen atoms in total. The lowest BCUT2D eigenvalue weighted by atomic mass is 9.89. The van der Waals surface area contributed by atoms with Gasteiger partial charge in [-0.3, -0.25) is 4.79 Å². The zero-order valence-electron chi connectivity index (χ0n) is 14.8. The second-order valence-electron chi connectivity index (χ2n) is 7.29. The molecule has 1 aromatic rings. The lowest BCUT2D eigenvalue weighted by molar-refractivity contribution is -0.117. The minimum Gasteiger partial charge on any atom is -0.506 e. The summed E-state index contributed by atoms with van der Waals surface area (Å²) in [4.78, 5) is 11.4. The van der Waals surface area contributed by atoms with Crippen LogP contribution in [-0.4, -0.2) is 57.0 Å². The van der Waals surface area contributed by atoms with E-state index in [0.29, 0.717) is 30.0 Å². The molecule has 3 aliphatic rings.